The van der Waals surface area contributed by atoms with Gasteiger partial charge in [0.1, 0.15) is 5.54 Å². The maximum absolute atomic E-state index is 12.2. The zero-order chi connectivity index (χ0) is 14.6. The van der Waals surface area contributed by atoms with Gasteiger partial charge in [-0.1, -0.05) is 0 Å². The molecule has 0 bridgehead atoms. The van der Waals surface area contributed by atoms with Crippen LogP contribution < -0.4 is 5.32 Å². The van der Waals surface area contributed by atoms with Gasteiger partial charge in [-0.3, -0.25) is 4.79 Å². The second-order valence-corrected chi connectivity index (χ2v) is 4.96. The molecule has 1 aliphatic heterocycles. The fourth-order valence-electron chi connectivity index (χ4n) is 2.19. The van der Waals surface area contributed by atoms with Crippen LogP contribution in [0.4, 0.5) is 4.79 Å². The van der Waals surface area contributed by atoms with Crippen LogP contribution in [0, 0.1) is 0 Å². The molecule has 7 heteroatoms. The minimum Gasteiger partial charge on any atom is -0.480 e. The molecule has 0 aromatic heterocycles. The molecule has 1 unspecified atom stereocenters. The lowest BCUT2D eigenvalue weighted by atomic mass is 10.00. The molecule has 1 saturated heterocycles. The molecule has 2 N–H and O–H groups in total. The molecule has 108 valence electrons. The average Bonchev–Trinajstić information content (AvgIpc) is 2.78. The fraction of sp³-hybridized carbons (Fsp3) is 0.750. The molecule has 7 nitrogen and oxygen atoms in total. The Labute approximate surface area is 112 Å². The number of nitrogens with one attached hydrogen (secondary N) is 1. The van der Waals surface area contributed by atoms with E-state index in [9.17, 15) is 19.5 Å². The van der Waals surface area contributed by atoms with Crippen LogP contribution in [0.25, 0.3) is 0 Å². The van der Waals surface area contributed by atoms with Gasteiger partial charge in [0.05, 0.1) is 0 Å². The summed E-state index contributed by atoms with van der Waals surface area (Å²) in [6.45, 7) is 2.27. The molecule has 1 rings (SSSR count). The Morgan fingerprint density at radius 2 is 2.05 bits per heavy atom. The Bertz CT molecular complexity index is 385. The Balaban J connectivity index is 2.66. The zero-order valence-electron chi connectivity index (χ0n) is 11.6. The second-order valence-electron chi connectivity index (χ2n) is 4.96. The molecule has 0 aromatic rings. The van der Waals surface area contributed by atoms with E-state index in [1.165, 1.54) is 16.8 Å². The Kier molecular flexibility index (Phi) is 4.74. The maximum atomic E-state index is 12.2. The fourth-order valence-corrected chi connectivity index (χ4v) is 2.19. The van der Waals surface area contributed by atoms with E-state index < -0.39 is 11.5 Å². The minimum atomic E-state index is -1.14. The third-order valence-electron chi connectivity index (χ3n) is 3.61. The van der Waals surface area contributed by atoms with Crippen LogP contribution in [0.1, 0.15) is 26.2 Å². The van der Waals surface area contributed by atoms with Gasteiger partial charge in [0.25, 0.3) is 0 Å². The van der Waals surface area contributed by atoms with E-state index in [1.807, 2.05) is 0 Å². The van der Waals surface area contributed by atoms with Crippen molar-refractivity contribution in [1.29, 1.82) is 0 Å². The molecule has 0 aliphatic carbocycles. The number of carboxylic acids is 1. The molecule has 3 amide bonds. The molecule has 1 atom stereocenters. The van der Waals surface area contributed by atoms with Gasteiger partial charge < -0.3 is 20.2 Å². The van der Waals surface area contributed by atoms with E-state index in [1.54, 1.807) is 14.0 Å². The summed E-state index contributed by atoms with van der Waals surface area (Å²) in [4.78, 5) is 37.4. The molecule has 1 heterocycles. The van der Waals surface area contributed by atoms with E-state index in [2.05, 4.69) is 5.32 Å². The van der Waals surface area contributed by atoms with E-state index in [-0.39, 0.29) is 24.9 Å². The highest BCUT2D eigenvalue weighted by Crippen LogP contribution is 2.30. The number of carbonyl (C=O) groups excluding carboxylic acids is 2. The van der Waals surface area contributed by atoms with Gasteiger partial charge >= 0.3 is 12.0 Å². The van der Waals surface area contributed by atoms with Crippen LogP contribution in [0.3, 0.4) is 0 Å². The molecule has 1 aliphatic rings. The SMILES string of the molecule is CNC(=O)CCN(C)C(=O)N1CCCC1(C)C(=O)O. The van der Waals surface area contributed by atoms with Crippen LogP contribution in [0.5, 0.6) is 0 Å². The molecular weight excluding hydrogens is 250 g/mol. The van der Waals surface area contributed by atoms with E-state index >= 15 is 0 Å². The van der Waals surface area contributed by atoms with E-state index in [4.69, 9.17) is 0 Å². The van der Waals surface area contributed by atoms with Crippen molar-refractivity contribution in [2.45, 2.75) is 31.7 Å². The third kappa shape index (κ3) is 3.15. The Morgan fingerprint density at radius 1 is 1.42 bits per heavy atom. The predicted molar refractivity (Wildman–Crippen MR) is 68.7 cm³/mol. The summed E-state index contributed by atoms with van der Waals surface area (Å²) in [6.07, 6.45) is 1.34. The number of carbonyl (C=O) groups is 3. The summed E-state index contributed by atoms with van der Waals surface area (Å²) in [5.74, 6) is -1.14. The second kappa shape index (κ2) is 5.90. The number of nitrogens with zero attached hydrogens (tertiary/aromatic N) is 2. The summed E-state index contributed by atoms with van der Waals surface area (Å²) in [6, 6.07) is -0.341. The quantitative estimate of drug-likeness (QED) is 0.759. The van der Waals surface area contributed by atoms with Gasteiger partial charge in [0.15, 0.2) is 0 Å². The first-order valence-corrected chi connectivity index (χ1v) is 6.29. The van der Waals surface area contributed by atoms with Crippen LogP contribution in [0.2, 0.25) is 0 Å². The third-order valence-corrected chi connectivity index (χ3v) is 3.61. The highest BCUT2D eigenvalue weighted by Gasteiger charge is 2.46. The summed E-state index contributed by atoms with van der Waals surface area (Å²) >= 11 is 0. The molecule has 19 heavy (non-hydrogen) atoms. The van der Waals surface area contributed by atoms with Crippen LogP contribution in [0.15, 0.2) is 0 Å². The van der Waals surface area contributed by atoms with Crippen molar-refractivity contribution in [3.8, 4) is 0 Å². The summed E-state index contributed by atoms with van der Waals surface area (Å²) in [7, 11) is 3.11. The van der Waals surface area contributed by atoms with Gasteiger partial charge in [-0.25, -0.2) is 9.59 Å². The highest BCUT2D eigenvalue weighted by molar-refractivity contribution is 5.86. The standard InChI is InChI=1S/C12H21N3O4/c1-12(10(17)18)6-4-7-15(12)11(19)14(3)8-5-9(16)13-2/h4-8H2,1-3H3,(H,13,16)(H,17,18). The number of rotatable bonds is 4. The Hall–Kier alpha value is -1.79. The normalized spacial score (nSPS) is 22.2. The molecule has 0 spiro atoms. The van der Waals surface area contributed by atoms with Crippen molar-refractivity contribution in [2.24, 2.45) is 0 Å². The summed E-state index contributed by atoms with van der Waals surface area (Å²) < 4.78 is 0. The number of aliphatic carboxylic acids is 1. The van der Waals surface area contributed by atoms with Gasteiger partial charge in [-0.15, -0.1) is 0 Å². The van der Waals surface area contributed by atoms with Crippen molar-refractivity contribution in [3.63, 3.8) is 0 Å². The predicted octanol–water partition coefficient (Wildman–Crippen LogP) is 0.113. The Morgan fingerprint density at radius 3 is 2.58 bits per heavy atom. The average molecular weight is 271 g/mol. The van der Waals surface area contributed by atoms with E-state index in [0.29, 0.717) is 19.4 Å². The molecule has 0 saturated carbocycles. The van der Waals surface area contributed by atoms with Gasteiger partial charge in [0, 0.05) is 33.6 Å². The van der Waals surface area contributed by atoms with Crippen LogP contribution >= 0.6 is 0 Å². The number of likely N-dealkylation sites (tertiary alicyclic amines) is 1. The van der Waals surface area contributed by atoms with Gasteiger partial charge in [0.2, 0.25) is 5.91 Å². The summed E-state index contributed by atoms with van der Waals surface area (Å²) in [5, 5.41) is 11.7. The summed E-state index contributed by atoms with van der Waals surface area (Å²) in [5.41, 5.74) is -1.14. The monoisotopic (exact) mass is 271 g/mol. The van der Waals surface area contributed by atoms with Crippen molar-refractivity contribution >= 4 is 17.9 Å². The lowest BCUT2D eigenvalue weighted by Crippen LogP contribution is -2.54. The number of hydrogen-bond donors (Lipinski definition) is 2. The van der Waals surface area contributed by atoms with Crippen molar-refractivity contribution < 1.29 is 19.5 Å². The number of hydrogen-bond acceptors (Lipinski definition) is 3. The largest absolute Gasteiger partial charge is 0.480 e. The number of carboxylic acid groups (broad SMARTS) is 1. The van der Waals surface area contributed by atoms with Gasteiger partial charge in [-0.05, 0) is 19.8 Å². The first kappa shape index (κ1) is 15.3. The maximum Gasteiger partial charge on any atom is 0.329 e. The van der Waals surface area contributed by atoms with E-state index in [0.717, 1.165) is 0 Å². The zero-order valence-corrected chi connectivity index (χ0v) is 11.6. The molecule has 1 fully saturated rings. The lowest BCUT2D eigenvalue weighted by molar-refractivity contribution is -0.147. The lowest BCUT2D eigenvalue weighted by Gasteiger charge is -2.34. The van der Waals surface area contributed by atoms with Crippen molar-refractivity contribution in [1.82, 2.24) is 15.1 Å². The highest BCUT2D eigenvalue weighted by atomic mass is 16.4. The number of urea groups is 1. The first-order valence-electron chi connectivity index (χ1n) is 6.29. The molecule has 0 radical (unpaired) electrons. The molecular formula is C12H21N3O4. The smallest absolute Gasteiger partial charge is 0.329 e. The van der Waals surface area contributed by atoms with Crippen molar-refractivity contribution in [2.75, 3.05) is 27.2 Å². The van der Waals surface area contributed by atoms with Gasteiger partial charge in [-0.2, -0.15) is 0 Å². The molecule has 0 aromatic carbocycles. The minimum absolute atomic E-state index is 0.151. The first-order chi connectivity index (χ1) is 8.82. The van der Waals surface area contributed by atoms with Crippen LogP contribution in [-0.4, -0.2) is 65.5 Å². The topological polar surface area (TPSA) is 90.0 Å². The van der Waals surface area contributed by atoms with Crippen molar-refractivity contribution in [3.05, 3.63) is 0 Å². The number of amides is 3. The van der Waals surface area contributed by atoms with Crippen LogP contribution in [-0.2, 0) is 9.59 Å².